The van der Waals surface area contributed by atoms with Gasteiger partial charge in [-0.15, -0.1) is 0 Å². The molecule has 0 saturated heterocycles. The second-order valence-corrected chi connectivity index (χ2v) is 10.4. The van der Waals surface area contributed by atoms with Crippen LogP contribution in [0.4, 0.5) is 0 Å². The Morgan fingerprint density at radius 1 is 0.789 bits per heavy atom. The summed E-state index contributed by atoms with van der Waals surface area (Å²) in [6.07, 6.45) is -0.596. The average Bonchev–Trinajstić information content (AvgIpc) is 2.83. The van der Waals surface area contributed by atoms with Crippen molar-refractivity contribution in [3.05, 3.63) is 57.5 Å². The highest BCUT2D eigenvalue weighted by atomic mass is 16.3. The molecule has 7 N–H and O–H groups in total. The van der Waals surface area contributed by atoms with Crippen LogP contribution in [0.3, 0.4) is 0 Å². The Morgan fingerprint density at radius 3 is 1.89 bits per heavy atom. The average molecular weight is 521 g/mol. The van der Waals surface area contributed by atoms with Gasteiger partial charge in [0.2, 0.25) is 0 Å². The SMILES string of the molecule is Cc1cc2c(c(O)c1-c1c(C)cc3c(C(C)C)c(O)c(O)c(C=O)c3c1O)C(=CO)C(O)C(O)=C2C(C)C. The van der Waals surface area contributed by atoms with E-state index in [1.54, 1.807) is 39.8 Å². The van der Waals surface area contributed by atoms with Gasteiger partial charge in [0.05, 0.1) is 11.8 Å². The van der Waals surface area contributed by atoms with Crippen molar-refractivity contribution in [1.82, 2.24) is 0 Å². The highest BCUT2D eigenvalue weighted by Gasteiger charge is 2.36. The minimum atomic E-state index is -1.58. The van der Waals surface area contributed by atoms with E-state index in [-0.39, 0.29) is 62.3 Å². The van der Waals surface area contributed by atoms with Crippen LogP contribution in [0.2, 0.25) is 0 Å². The zero-order valence-electron chi connectivity index (χ0n) is 22.1. The van der Waals surface area contributed by atoms with Gasteiger partial charge in [0.15, 0.2) is 17.8 Å². The van der Waals surface area contributed by atoms with Gasteiger partial charge in [-0.05, 0) is 47.8 Å². The number of aliphatic hydroxyl groups is 3. The fourth-order valence-corrected chi connectivity index (χ4v) is 5.73. The van der Waals surface area contributed by atoms with E-state index in [0.29, 0.717) is 45.8 Å². The van der Waals surface area contributed by atoms with Crippen LogP contribution >= 0.6 is 0 Å². The molecule has 1 atom stereocenters. The van der Waals surface area contributed by atoms with Crippen LogP contribution in [0.15, 0.2) is 24.2 Å². The Balaban J connectivity index is 2.20. The number of aryl methyl sites for hydroxylation is 2. The summed E-state index contributed by atoms with van der Waals surface area (Å²) in [5, 5.41) is 76.3. The molecule has 8 nitrogen and oxygen atoms in total. The highest BCUT2D eigenvalue weighted by molar-refractivity contribution is 6.11. The van der Waals surface area contributed by atoms with Gasteiger partial charge in [0.25, 0.3) is 0 Å². The second-order valence-electron chi connectivity index (χ2n) is 10.4. The molecule has 0 bridgehead atoms. The lowest BCUT2D eigenvalue weighted by molar-refractivity contribution is 0.112. The predicted molar refractivity (Wildman–Crippen MR) is 146 cm³/mol. The van der Waals surface area contributed by atoms with Crippen LogP contribution in [0.25, 0.3) is 33.0 Å². The third-order valence-corrected chi connectivity index (χ3v) is 7.36. The minimum Gasteiger partial charge on any atom is -0.515 e. The lowest BCUT2D eigenvalue weighted by atomic mass is 9.76. The monoisotopic (exact) mass is 520 g/mol. The molecular weight excluding hydrogens is 488 g/mol. The molecular formula is C30H32O8. The highest BCUT2D eigenvalue weighted by Crippen LogP contribution is 2.54. The minimum absolute atomic E-state index is 0.0227. The number of fused-ring (bicyclic) bond motifs is 2. The summed E-state index contributed by atoms with van der Waals surface area (Å²) < 4.78 is 0. The number of hydrogen-bond acceptors (Lipinski definition) is 8. The Morgan fingerprint density at radius 2 is 1.37 bits per heavy atom. The zero-order valence-corrected chi connectivity index (χ0v) is 22.1. The molecule has 0 radical (unpaired) electrons. The molecule has 1 aliphatic carbocycles. The third kappa shape index (κ3) is 3.59. The lowest BCUT2D eigenvalue weighted by Gasteiger charge is -2.30. The fourth-order valence-electron chi connectivity index (χ4n) is 5.73. The molecule has 0 saturated carbocycles. The first-order chi connectivity index (χ1) is 17.8. The quantitative estimate of drug-likeness (QED) is 0.124. The molecule has 0 amide bonds. The fraction of sp³-hybridized carbons (Fsp3) is 0.300. The molecule has 0 spiro atoms. The van der Waals surface area contributed by atoms with Gasteiger partial charge in [-0.3, -0.25) is 4.79 Å². The number of aliphatic hydroxyl groups excluding tert-OH is 3. The number of aromatic hydroxyl groups is 4. The number of carbonyl (C=O) groups excluding carboxylic acids is 1. The van der Waals surface area contributed by atoms with E-state index in [2.05, 4.69) is 0 Å². The number of phenolic OH excluding ortho intramolecular Hbond substituents is 4. The molecule has 0 heterocycles. The molecule has 0 fully saturated rings. The number of carbonyl (C=O) groups is 1. The summed E-state index contributed by atoms with van der Waals surface area (Å²) in [6, 6.07) is 3.37. The number of benzene rings is 3. The summed E-state index contributed by atoms with van der Waals surface area (Å²) in [4.78, 5) is 12.0. The van der Waals surface area contributed by atoms with E-state index in [9.17, 15) is 40.5 Å². The van der Waals surface area contributed by atoms with Crippen molar-refractivity contribution in [2.45, 2.75) is 53.6 Å². The first kappa shape index (κ1) is 26.9. The van der Waals surface area contributed by atoms with Gasteiger partial charge >= 0.3 is 0 Å². The Kier molecular flexibility index (Phi) is 6.57. The summed E-state index contributed by atoms with van der Waals surface area (Å²) in [7, 11) is 0. The van der Waals surface area contributed by atoms with Crippen molar-refractivity contribution < 1.29 is 40.5 Å². The van der Waals surface area contributed by atoms with Crippen LogP contribution in [-0.2, 0) is 0 Å². The maximum absolute atomic E-state index is 12.0. The van der Waals surface area contributed by atoms with Crippen LogP contribution in [-0.4, -0.2) is 48.1 Å². The van der Waals surface area contributed by atoms with Crippen molar-refractivity contribution in [2.24, 2.45) is 5.92 Å². The molecule has 0 aromatic heterocycles. The van der Waals surface area contributed by atoms with E-state index in [4.69, 9.17) is 0 Å². The molecule has 8 heteroatoms. The molecule has 38 heavy (non-hydrogen) atoms. The van der Waals surface area contributed by atoms with Crippen molar-refractivity contribution in [3.8, 4) is 34.1 Å². The number of hydrogen-bond donors (Lipinski definition) is 7. The molecule has 200 valence electrons. The largest absolute Gasteiger partial charge is 0.515 e. The van der Waals surface area contributed by atoms with Crippen molar-refractivity contribution >= 4 is 28.2 Å². The van der Waals surface area contributed by atoms with Crippen LogP contribution < -0.4 is 0 Å². The topological polar surface area (TPSA) is 159 Å². The molecule has 4 rings (SSSR count). The van der Waals surface area contributed by atoms with Crippen LogP contribution in [0, 0.1) is 19.8 Å². The second kappa shape index (κ2) is 9.29. The maximum atomic E-state index is 12.0. The van der Waals surface area contributed by atoms with Gasteiger partial charge in [-0.25, -0.2) is 0 Å². The van der Waals surface area contributed by atoms with Crippen molar-refractivity contribution in [2.75, 3.05) is 0 Å². The summed E-state index contributed by atoms with van der Waals surface area (Å²) in [5.41, 5.74) is 2.27. The summed E-state index contributed by atoms with van der Waals surface area (Å²) in [5.74, 6) is -2.63. The van der Waals surface area contributed by atoms with Crippen molar-refractivity contribution in [1.29, 1.82) is 0 Å². The van der Waals surface area contributed by atoms with E-state index >= 15 is 0 Å². The number of phenols is 4. The first-order valence-electron chi connectivity index (χ1n) is 12.3. The molecule has 1 aliphatic rings. The van der Waals surface area contributed by atoms with Crippen molar-refractivity contribution in [3.63, 3.8) is 0 Å². The standard InChI is InChI=1S/C30H32O8/c1-11(2)19-15-7-13(5)21(27(35)23(15)17(9-31)25(33)29(19)37)22-14(6)8-16-20(12(3)4)30(38)26(34)18(10-32)24(16)28(22)36/h7-12,25,31,33-38H,1-6H3. The molecule has 0 aliphatic heterocycles. The first-order valence-corrected chi connectivity index (χ1v) is 12.3. The van der Waals surface area contributed by atoms with E-state index in [1.165, 1.54) is 0 Å². The lowest BCUT2D eigenvalue weighted by Crippen LogP contribution is -2.22. The van der Waals surface area contributed by atoms with Gasteiger partial charge in [0, 0.05) is 38.8 Å². The van der Waals surface area contributed by atoms with E-state index < -0.39 is 17.6 Å². The number of aldehydes is 1. The van der Waals surface area contributed by atoms with Gasteiger partial charge in [0.1, 0.15) is 23.4 Å². The van der Waals surface area contributed by atoms with Gasteiger partial charge in [-0.2, -0.15) is 0 Å². The van der Waals surface area contributed by atoms with Crippen LogP contribution in [0.5, 0.6) is 23.0 Å². The summed E-state index contributed by atoms with van der Waals surface area (Å²) in [6.45, 7) is 10.7. The maximum Gasteiger partial charge on any atom is 0.169 e. The smallest absolute Gasteiger partial charge is 0.169 e. The third-order valence-electron chi connectivity index (χ3n) is 7.36. The van der Waals surface area contributed by atoms with Gasteiger partial charge in [-0.1, -0.05) is 39.8 Å². The summed E-state index contributed by atoms with van der Waals surface area (Å²) >= 11 is 0. The van der Waals surface area contributed by atoms with E-state index in [0.717, 1.165) is 0 Å². The van der Waals surface area contributed by atoms with Crippen LogP contribution in [0.1, 0.15) is 71.8 Å². The van der Waals surface area contributed by atoms with E-state index in [1.807, 2.05) is 13.8 Å². The molecule has 3 aromatic rings. The molecule has 1 unspecified atom stereocenters. The predicted octanol–water partition coefficient (Wildman–Crippen LogP) is 6.08. The van der Waals surface area contributed by atoms with Gasteiger partial charge < -0.3 is 35.7 Å². The molecule has 3 aromatic carbocycles. The number of rotatable bonds is 4. The number of allylic oxidation sites excluding steroid dienone is 1. The Labute approximate surface area is 220 Å². The normalized spacial score (nSPS) is 16.7. The Bertz CT molecular complexity index is 1570. The zero-order chi connectivity index (χ0) is 28.4. The Hall–Kier alpha value is -4.17.